The molecule has 0 aliphatic carbocycles. The summed E-state index contributed by atoms with van der Waals surface area (Å²) in [6.45, 7) is 2.45. The molecule has 2 N–H and O–H groups in total. The fourth-order valence-corrected chi connectivity index (χ4v) is 4.69. The number of carbonyl (C=O) groups is 1. The van der Waals surface area contributed by atoms with E-state index in [4.69, 9.17) is 36.3 Å². The van der Waals surface area contributed by atoms with Gasteiger partial charge in [0.15, 0.2) is 11.5 Å². The first-order valence-electron chi connectivity index (χ1n) is 13.4. The second-order valence-electron chi connectivity index (χ2n) is 9.48. The van der Waals surface area contributed by atoms with E-state index in [0.29, 0.717) is 34.4 Å². The highest BCUT2D eigenvalue weighted by atomic mass is 35.5. The van der Waals surface area contributed by atoms with Gasteiger partial charge in [0.05, 0.1) is 12.5 Å². The van der Waals surface area contributed by atoms with Gasteiger partial charge < -0.3 is 24.7 Å². The molecule has 0 bridgehead atoms. The third-order valence-electron chi connectivity index (χ3n) is 6.60. The quantitative estimate of drug-likeness (QED) is 0.123. The molecule has 43 heavy (non-hydrogen) atoms. The van der Waals surface area contributed by atoms with E-state index >= 15 is 0 Å². The predicted octanol–water partition coefficient (Wildman–Crippen LogP) is 7.29. The number of fused-ring (bicyclic) bond motifs is 1. The smallest absolute Gasteiger partial charge is 0.336 e. The van der Waals surface area contributed by atoms with Crippen molar-refractivity contribution in [3.63, 3.8) is 0 Å². The Morgan fingerprint density at radius 3 is 2.51 bits per heavy atom. The molecule has 0 saturated heterocycles. The van der Waals surface area contributed by atoms with Crippen LogP contribution in [0.1, 0.15) is 35.1 Å². The maximum Gasteiger partial charge on any atom is 0.336 e. The Balaban J connectivity index is 1.39. The predicted molar refractivity (Wildman–Crippen MR) is 160 cm³/mol. The first-order chi connectivity index (χ1) is 20.8. The molecule has 0 saturated carbocycles. The first-order valence-corrected chi connectivity index (χ1v) is 13.7. The summed E-state index contributed by atoms with van der Waals surface area (Å²) in [6.07, 6.45) is 2.93. The fourth-order valence-electron chi connectivity index (χ4n) is 4.56. The summed E-state index contributed by atoms with van der Waals surface area (Å²) in [5.41, 5.74) is 9.37. The molecule has 1 atom stereocenters. The number of carbonyl (C=O) groups excluding carboxylic acids is 1. The average Bonchev–Trinajstić information content (AvgIpc) is 3.00. The number of nitrogens with zero attached hydrogens (tertiary/aromatic N) is 1. The Kier molecular flexibility index (Phi) is 8.94. The number of rotatable bonds is 9. The molecule has 216 valence electrons. The van der Waals surface area contributed by atoms with E-state index in [0.717, 1.165) is 16.7 Å². The molecule has 0 fully saturated rings. The van der Waals surface area contributed by atoms with Gasteiger partial charge in [0.2, 0.25) is 5.88 Å². The summed E-state index contributed by atoms with van der Waals surface area (Å²) >= 11 is 5.91. The van der Waals surface area contributed by atoms with Crippen molar-refractivity contribution >= 4 is 23.6 Å². The van der Waals surface area contributed by atoms with Crippen LogP contribution in [0.3, 0.4) is 0 Å². The zero-order valence-corrected chi connectivity index (χ0v) is 23.8. The van der Waals surface area contributed by atoms with Crippen LogP contribution in [0.5, 0.6) is 23.0 Å². The van der Waals surface area contributed by atoms with Crippen LogP contribution in [-0.4, -0.2) is 12.6 Å². The van der Waals surface area contributed by atoms with Crippen molar-refractivity contribution in [1.29, 1.82) is 5.26 Å². The molecule has 1 heterocycles. The zero-order valence-electron chi connectivity index (χ0n) is 23.1. The van der Waals surface area contributed by atoms with Crippen molar-refractivity contribution in [3.05, 3.63) is 136 Å². The van der Waals surface area contributed by atoms with E-state index in [2.05, 4.69) is 6.07 Å². The first kappa shape index (κ1) is 29.2. The molecule has 0 aromatic heterocycles. The Bertz CT molecular complexity index is 1740. The zero-order chi connectivity index (χ0) is 30.3. The topological polar surface area (TPSA) is 104 Å². The van der Waals surface area contributed by atoms with Crippen molar-refractivity contribution in [3.8, 4) is 29.1 Å². The highest BCUT2D eigenvalue weighted by Crippen LogP contribution is 2.45. The average molecular weight is 597 g/mol. The van der Waals surface area contributed by atoms with Gasteiger partial charge in [-0.2, -0.15) is 5.26 Å². The van der Waals surface area contributed by atoms with Gasteiger partial charge in [-0.05, 0) is 72.2 Å². The molecular weight excluding hydrogens is 571 g/mol. The van der Waals surface area contributed by atoms with Crippen molar-refractivity contribution in [1.82, 2.24) is 0 Å². The minimum absolute atomic E-state index is 0.0549. The van der Waals surface area contributed by atoms with E-state index in [1.165, 1.54) is 18.2 Å². The van der Waals surface area contributed by atoms with Gasteiger partial charge in [-0.25, -0.2) is 9.18 Å². The summed E-state index contributed by atoms with van der Waals surface area (Å²) in [7, 11) is 0. The lowest BCUT2D eigenvalue weighted by molar-refractivity contribution is -0.128. The maximum absolute atomic E-state index is 13.3. The Morgan fingerprint density at radius 1 is 1.02 bits per heavy atom. The van der Waals surface area contributed by atoms with Gasteiger partial charge in [-0.1, -0.05) is 48.0 Å². The monoisotopic (exact) mass is 596 g/mol. The molecule has 7 nitrogen and oxygen atoms in total. The molecule has 4 aromatic rings. The third kappa shape index (κ3) is 6.97. The molecule has 4 aromatic carbocycles. The highest BCUT2D eigenvalue weighted by Gasteiger charge is 2.31. The molecule has 0 amide bonds. The second-order valence-corrected chi connectivity index (χ2v) is 9.92. The van der Waals surface area contributed by atoms with E-state index in [-0.39, 0.29) is 29.6 Å². The summed E-state index contributed by atoms with van der Waals surface area (Å²) < 4.78 is 36.4. The van der Waals surface area contributed by atoms with E-state index in [1.54, 1.807) is 72.8 Å². The standard InChI is InChI=1S/C34H26ClFN2O5/c1-2-40-31-17-23(8-15-29(31)41-20-22-5-11-25(36)12-6-22)33-27-14-13-26(18-30(27)43-34(38)28(33)19-37)42-32(39)16-7-21-3-9-24(35)10-4-21/h3-18,33H,2,20,38H2,1H3/b16-7+. The molecular formula is C34H26ClFN2O5. The molecule has 1 unspecified atom stereocenters. The Labute approximate surface area is 253 Å². The number of nitrogens with two attached hydrogens (primary N) is 1. The number of hydrogen-bond acceptors (Lipinski definition) is 7. The van der Waals surface area contributed by atoms with Crippen LogP contribution in [0.15, 0.2) is 102 Å². The van der Waals surface area contributed by atoms with E-state index in [1.807, 2.05) is 13.0 Å². The van der Waals surface area contributed by atoms with E-state index in [9.17, 15) is 14.4 Å². The number of benzene rings is 4. The molecule has 1 aliphatic heterocycles. The van der Waals surface area contributed by atoms with Gasteiger partial charge in [0.1, 0.15) is 35.6 Å². The summed E-state index contributed by atoms with van der Waals surface area (Å²) in [6, 6.07) is 25.5. The largest absolute Gasteiger partial charge is 0.490 e. The summed E-state index contributed by atoms with van der Waals surface area (Å²) in [4.78, 5) is 12.5. The van der Waals surface area contributed by atoms with Crippen molar-refractivity contribution in [2.75, 3.05) is 6.61 Å². The number of esters is 1. The van der Waals surface area contributed by atoms with Gasteiger partial charge >= 0.3 is 5.97 Å². The van der Waals surface area contributed by atoms with Crippen LogP contribution in [0, 0.1) is 17.1 Å². The minimum atomic E-state index is -0.582. The molecule has 0 spiro atoms. The van der Waals surface area contributed by atoms with Crippen LogP contribution in [0.4, 0.5) is 4.39 Å². The molecule has 9 heteroatoms. The SMILES string of the molecule is CCOc1cc(C2C(C#N)=C(N)Oc3cc(OC(=O)/C=C/c4ccc(Cl)cc4)ccc32)ccc1OCc1ccc(F)cc1. The normalized spacial score (nSPS) is 14.0. The number of hydrogen-bond donors (Lipinski definition) is 1. The van der Waals surface area contributed by atoms with Gasteiger partial charge in [0.25, 0.3) is 0 Å². The molecule has 1 aliphatic rings. The van der Waals surface area contributed by atoms with Crippen LogP contribution >= 0.6 is 11.6 Å². The lowest BCUT2D eigenvalue weighted by Gasteiger charge is -2.27. The lowest BCUT2D eigenvalue weighted by atomic mass is 9.83. The summed E-state index contributed by atoms with van der Waals surface area (Å²) in [5, 5.41) is 10.6. The third-order valence-corrected chi connectivity index (χ3v) is 6.85. The number of ether oxygens (including phenoxy) is 4. The fraction of sp³-hybridized carbons (Fsp3) is 0.118. The summed E-state index contributed by atoms with van der Waals surface area (Å²) in [5.74, 6) is 0.0295. The molecule has 5 rings (SSSR count). The maximum atomic E-state index is 13.3. The number of halogens is 2. The van der Waals surface area contributed by atoms with Gasteiger partial charge in [0, 0.05) is 22.7 Å². The van der Waals surface area contributed by atoms with Crippen LogP contribution in [0.2, 0.25) is 5.02 Å². The van der Waals surface area contributed by atoms with E-state index < -0.39 is 11.9 Å². The second kappa shape index (κ2) is 13.1. The van der Waals surface area contributed by atoms with Gasteiger partial charge in [-0.15, -0.1) is 0 Å². The van der Waals surface area contributed by atoms with Gasteiger partial charge in [-0.3, -0.25) is 0 Å². The molecule has 0 radical (unpaired) electrons. The van der Waals surface area contributed by atoms with Crippen LogP contribution < -0.4 is 24.7 Å². The van der Waals surface area contributed by atoms with Crippen molar-refractivity contribution < 1.29 is 28.1 Å². The number of nitriles is 1. The Morgan fingerprint density at radius 2 is 1.79 bits per heavy atom. The van der Waals surface area contributed by atoms with Crippen molar-refractivity contribution in [2.45, 2.75) is 19.4 Å². The number of allylic oxidation sites excluding steroid dienone is 1. The van der Waals surface area contributed by atoms with Crippen molar-refractivity contribution in [2.24, 2.45) is 5.73 Å². The lowest BCUT2D eigenvalue weighted by Crippen LogP contribution is -2.21. The van der Waals surface area contributed by atoms with Crippen LogP contribution in [0.25, 0.3) is 6.08 Å². The van der Waals surface area contributed by atoms with Crippen LogP contribution in [-0.2, 0) is 11.4 Å². The highest BCUT2D eigenvalue weighted by molar-refractivity contribution is 6.30. The minimum Gasteiger partial charge on any atom is -0.490 e. The Hall–Kier alpha value is -5.26.